The van der Waals surface area contributed by atoms with Crippen LogP contribution in [0, 0.1) is 35.5 Å². The van der Waals surface area contributed by atoms with Crippen LogP contribution in [-0.4, -0.2) is 0 Å². The summed E-state index contributed by atoms with van der Waals surface area (Å²) in [7, 11) is 0. The molecule has 0 radical (unpaired) electrons. The van der Waals surface area contributed by atoms with Crippen LogP contribution in [0.1, 0.15) is 113 Å². The van der Waals surface area contributed by atoms with E-state index in [4.69, 9.17) is 11.6 Å². The van der Waals surface area contributed by atoms with Crippen molar-refractivity contribution in [1.29, 1.82) is 0 Å². The highest BCUT2D eigenvalue weighted by atomic mass is 35.5. The molecule has 9 aliphatic rings. The highest BCUT2D eigenvalue weighted by Crippen LogP contribution is 2.64. The molecule has 188 valence electrons. The van der Waals surface area contributed by atoms with Crippen molar-refractivity contribution in [3.8, 4) is 11.1 Å². The molecule has 8 bridgehead atoms. The van der Waals surface area contributed by atoms with Crippen molar-refractivity contribution in [1.82, 2.24) is 0 Å². The highest BCUT2D eigenvalue weighted by Gasteiger charge is 2.54. The third kappa shape index (κ3) is 2.74. The standard InChI is InChI=1S/C35H41Cl/c1-33(2)29-11-26(34-14-20-5-21(15-34)7-22(6-20)16-34)3-4-28(29)32-30(33)12-27(13-31(32)36)35-17-23-8-24(18-35)10-25(9-23)19-35/h3-4,11-13,20-25H,5-10,14-19H2,1-2H3. The van der Waals surface area contributed by atoms with Gasteiger partial charge in [-0.3, -0.25) is 0 Å². The molecule has 0 nitrogen and oxygen atoms in total. The second-order valence-corrected chi connectivity index (χ2v) is 16.1. The number of fused-ring (bicyclic) bond motifs is 3. The summed E-state index contributed by atoms with van der Waals surface area (Å²) in [5, 5.41) is 1.02. The summed E-state index contributed by atoms with van der Waals surface area (Å²) in [6.45, 7) is 4.97. The van der Waals surface area contributed by atoms with Crippen LogP contribution in [0.3, 0.4) is 0 Å². The Labute approximate surface area is 222 Å². The second-order valence-electron chi connectivity index (χ2n) is 15.7. The maximum Gasteiger partial charge on any atom is 0.0490 e. The monoisotopic (exact) mass is 496 g/mol. The van der Waals surface area contributed by atoms with Crippen LogP contribution in [0.25, 0.3) is 11.1 Å². The van der Waals surface area contributed by atoms with Gasteiger partial charge in [0.05, 0.1) is 0 Å². The van der Waals surface area contributed by atoms with Crippen molar-refractivity contribution in [3.63, 3.8) is 0 Å². The maximum atomic E-state index is 7.27. The zero-order chi connectivity index (χ0) is 24.0. The Morgan fingerprint density at radius 3 is 1.53 bits per heavy atom. The van der Waals surface area contributed by atoms with Gasteiger partial charge in [0.15, 0.2) is 0 Å². The molecule has 0 aliphatic heterocycles. The minimum atomic E-state index is 0.0327. The number of hydrogen-bond donors (Lipinski definition) is 0. The van der Waals surface area contributed by atoms with E-state index in [1.807, 2.05) is 0 Å². The molecule has 0 amide bonds. The van der Waals surface area contributed by atoms with Gasteiger partial charge in [-0.1, -0.05) is 49.7 Å². The van der Waals surface area contributed by atoms with Gasteiger partial charge in [-0.25, -0.2) is 0 Å². The van der Waals surface area contributed by atoms with Crippen LogP contribution in [0.2, 0.25) is 5.02 Å². The average molecular weight is 497 g/mol. The summed E-state index contributed by atoms with van der Waals surface area (Å²) in [4.78, 5) is 0. The first kappa shape index (κ1) is 21.6. The third-order valence-corrected chi connectivity index (χ3v) is 13.3. The van der Waals surface area contributed by atoms with Crippen molar-refractivity contribution < 1.29 is 0 Å². The fourth-order valence-corrected chi connectivity index (χ4v) is 12.7. The normalized spacial score (nSPS) is 44.2. The third-order valence-electron chi connectivity index (χ3n) is 13.0. The molecule has 0 saturated heterocycles. The molecule has 0 aromatic heterocycles. The molecule has 8 saturated carbocycles. The van der Waals surface area contributed by atoms with Crippen molar-refractivity contribution in [2.24, 2.45) is 35.5 Å². The van der Waals surface area contributed by atoms with Gasteiger partial charge in [0, 0.05) is 16.0 Å². The van der Waals surface area contributed by atoms with E-state index in [1.165, 1.54) is 93.7 Å². The van der Waals surface area contributed by atoms with Crippen molar-refractivity contribution in [3.05, 3.63) is 57.6 Å². The van der Waals surface area contributed by atoms with Crippen LogP contribution in [0.5, 0.6) is 0 Å². The van der Waals surface area contributed by atoms with Gasteiger partial charge in [0.1, 0.15) is 0 Å². The zero-order valence-electron chi connectivity index (χ0n) is 22.2. The molecule has 8 fully saturated rings. The Morgan fingerprint density at radius 2 is 1.03 bits per heavy atom. The Kier molecular flexibility index (Phi) is 4.11. The fourth-order valence-electron chi connectivity index (χ4n) is 12.4. The smallest absolute Gasteiger partial charge is 0.0490 e. The topological polar surface area (TPSA) is 0 Å². The minimum absolute atomic E-state index is 0.0327. The van der Waals surface area contributed by atoms with E-state index in [2.05, 4.69) is 44.2 Å². The van der Waals surface area contributed by atoms with Crippen LogP contribution < -0.4 is 0 Å². The van der Waals surface area contributed by atoms with Gasteiger partial charge < -0.3 is 0 Å². The Hall–Kier alpha value is -1.27. The van der Waals surface area contributed by atoms with E-state index in [9.17, 15) is 0 Å². The number of halogens is 1. The van der Waals surface area contributed by atoms with Crippen molar-refractivity contribution in [2.45, 2.75) is 107 Å². The number of rotatable bonds is 2. The molecule has 1 heteroatoms. The molecule has 0 atom stereocenters. The summed E-state index contributed by atoms with van der Waals surface area (Å²) in [6, 6.07) is 12.8. The summed E-state index contributed by atoms with van der Waals surface area (Å²) in [6.07, 6.45) is 17.6. The predicted octanol–water partition coefficient (Wildman–Crippen LogP) is 9.58. The van der Waals surface area contributed by atoms with Crippen LogP contribution >= 0.6 is 11.6 Å². The summed E-state index contributed by atoms with van der Waals surface area (Å²) < 4.78 is 0. The van der Waals surface area contributed by atoms with Gasteiger partial charge in [-0.15, -0.1) is 0 Å². The molecule has 0 N–H and O–H groups in total. The molecular weight excluding hydrogens is 456 g/mol. The lowest BCUT2D eigenvalue weighted by Crippen LogP contribution is -2.48. The first-order chi connectivity index (χ1) is 17.3. The Balaban J connectivity index is 1.15. The van der Waals surface area contributed by atoms with E-state index in [1.54, 1.807) is 16.7 Å². The van der Waals surface area contributed by atoms with Crippen molar-refractivity contribution >= 4 is 11.6 Å². The van der Waals surface area contributed by atoms with E-state index in [-0.39, 0.29) is 5.41 Å². The van der Waals surface area contributed by atoms with Gasteiger partial charge >= 0.3 is 0 Å². The molecule has 36 heavy (non-hydrogen) atoms. The predicted molar refractivity (Wildman–Crippen MR) is 149 cm³/mol. The van der Waals surface area contributed by atoms with Gasteiger partial charge in [0.2, 0.25) is 0 Å². The summed E-state index contributed by atoms with van der Waals surface area (Å²) in [5.41, 5.74) is 9.99. The maximum absolute atomic E-state index is 7.27. The van der Waals surface area contributed by atoms with Crippen molar-refractivity contribution in [2.75, 3.05) is 0 Å². The average Bonchev–Trinajstić information content (AvgIpc) is 3.04. The zero-order valence-corrected chi connectivity index (χ0v) is 23.0. The molecule has 0 heterocycles. The molecular formula is C35H41Cl. The molecule has 0 unspecified atom stereocenters. The molecule has 9 aliphatic carbocycles. The largest absolute Gasteiger partial charge is 0.0836 e. The fraction of sp³-hybridized carbons (Fsp3) is 0.657. The van der Waals surface area contributed by atoms with Gasteiger partial charge in [-0.2, -0.15) is 0 Å². The van der Waals surface area contributed by atoms with E-state index < -0.39 is 0 Å². The second kappa shape index (κ2) is 6.83. The first-order valence-corrected chi connectivity index (χ1v) is 15.7. The lowest BCUT2D eigenvalue weighted by molar-refractivity contribution is -0.00530. The SMILES string of the molecule is CC1(C)c2cc(C34CC5CC(CC(C5)C3)C4)ccc2-c2c(Cl)cc(C34CC5CC(CC(C5)C3)C4)cc21. The molecule has 2 aromatic rings. The Morgan fingerprint density at radius 1 is 0.583 bits per heavy atom. The number of benzene rings is 2. The lowest BCUT2D eigenvalue weighted by Gasteiger charge is -2.57. The highest BCUT2D eigenvalue weighted by molar-refractivity contribution is 6.34. The van der Waals surface area contributed by atoms with E-state index in [0.29, 0.717) is 10.8 Å². The minimum Gasteiger partial charge on any atom is -0.0836 e. The van der Waals surface area contributed by atoms with Crippen LogP contribution in [-0.2, 0) is 16.2 Å². The molecule has 11 rings (SSSR count). The first-order valence-electron chi connectivity index (χ1n) is 15.3. The summed E-state index contributed by atoms with van der Waals surface area (Å²) in [5.74, 6) is 5.88. The molecule has 2 aromatic carbocycles. The number of hydrogen-bond acceptors (Lipinski definition) is 0. The van der Waals surface area contributed by atoms with Gasteiger partial charge in [-0.05, 0) is 157 Å². The lowest BCUT2D eigenvalue weighted by atomic mass is 9.48. The van der Waals surface area contributed by atoms with Gasteiger partial charge in [0.25, 0.3) is 0 Å². The van der Waals surface area contributed by atoms with E-state index in [0.717, 1.165) is 40.5 Å². The Bertz CT molecular complexity index is 1220. The van der Waals surface area contributed by atoms with E-state index >= 15 is 0 Å². The quantitative estimate of drug-likeness (QED) is 0.388. The summed E-state index contributed by atoms with van der Waals surface area (Å²) >= 11 is 7.27. The van der Waals surface area contributed by atoms with Crippen LogP contribution in [0.4, 0.5) is 0 Å². The molecule has 0 spiro atoms. The van der Waals surface area contributed by atoms with Crippen LogP contribution in [0.15, 0.2) is 30.3 Å².